The summed E-state index contributed by atoms with van der Waals surface area (Å²) in [5, 5.41) is 6.46. The van der Waals surface area contributed by atoms with E-state index in [9.17, 15) is 4.79 Å². The van der Waals surface area contributed by atoms with E-state index in [1.54, 1.807) is 6.07 Å². The predicted molar refractivity (Wildman–Crippen MR) is 94.9 cm³/mol. The molecule has 0 atom stereocenters. The molecule has 0 aliphatic rings. The van der Waals surface area contributed by atoms with Crippen molar-refractivity contribution < 1.29 is 14.1 Å². The molecule has 0 aliphatic carbocycles. The van der Waals surface area contributed by atoms with Crippen molar-refractivity contribution in [1.29, 1.82) is 0 Å². The standard InChI is InChI=1S/C17H13IN2O3/c18-14-8-6-13(7-9-14)15-10-16(23-20-15)19-17(21)22-11-12-4-2-1-3-5-12/h1-10H,11H2,(H,19,21). The maximum atomic E-state index is 11.8. The number of aromatic nitrogens is 1. The largest absolute Gasteiger partial charge is 0.444 e. The molecule has 0 spiro atoms. The lowest BCUT2D eigenvalue weighted by atomic mass is 10.2. The summed E-state index contributed by atoms with van der Waals surface area (Å²) in [6.07, 6.45) is -0.584. The van der Waals surface area contributed by atoms with Crippen LogP contribution in [0.3, 0.4) is 0 Å². The third-order valence-electron chi connectivity index (χ3n) is 3.09. The van der Waals surface area contributed by atoms with Crippen LogP contribution < -0.4 is 5.32 Å². The van der Waals surface area contributed by atoms with E-state index in [0.29, 0.717) is 5.69 Å². The molecule has 0 aliphatic heterocycles. The van der Waals surface area contributed by atoms with Crippen molar-refractivity contribution in [3.63, 3.8) is 0 Å². The molecule has 0 fully saturated rings. The highest BCUT2D eigenvalue weighted by molar-refractivity contribution is 14.1. The molecule has 0 unspecified atom stereocenters. The summed E-state index contributed by atoms with van der Waals surface area (Å²) >= 11 is 2.23. The SMILES string of the molecule is O=C(Nc1cc(-c2ccc(I)cc2)no1)OCc1ccccc1. The van der Waals surface area contributed by atoms with E-state index in [4.69, 9.17) is 9.26 Å². The average Bonchev–Trinajstić information content (AvgIpc) is 3.03. The van der Waals surface area contributed by atoms with E-state index in [0.717, 1.165) is 14.7 Å². The topological polar surface area (TPSA) is 64.4 Å². The molecule has 0 saturated heterocycles. The van der Waals surface area contributed by atoms with E-state index >= 15 is 0 Å². The lowest BCUT2D eigenvalue weighted by Crippen LogP contribution is -2.12. The van der Waals surface area contributed by atoms with E-state index in [1.807, 2.05) is 54.6 Å². The van der Waals surface area contributed by atoms with Gasteiger partial charge in [-0.05, 0) is 40.3 Å². The third-order valence-corrected chi connectivity index (χ3v) is 3.81. The van der Waals surface area contributed by atoms with Gasteiger partial charge < -0.3 is 9.26 Å². The van der Waals surface area contributed by atoms with Gasteiger partial charge in [0.2, 0.25) is 5.88 Å². The fourth-order valence-electron chi connectivity index (χ4n) is 1.95. The highest BCUT2D eigenvalue weighted by atomic mass is 127. The predicted octanol–water partition coefficient (Wildman–Crippen LogP) is 4.69. The number of hydrogen-bond donors (Lipinski definition) is 1. The molecule has 2 aromatic carbocycles. The van der Waals surface area contributed by atoms with Crippen molar-refractivity contribution >= 4 is 34.6 Å². The molecule has 1 N–H and O–H groups in total. The van der Waals surface area contributed by atoms with Crippen LogP contribution in [0.25, 0.3) is 11.3 Å². The van der Waals surface area contributed by atoms with Crippen LogP contribution in [-0.4, -0.2) is 11.2 Å². The first kappa shape index (κ1) is 15.5. The maximum Gasteiger partial charge on any atom is 0.414 e. The monoisotopic (exact) mass is 420 g/mol. The first-order chi connectivity index (χ1) is 11.2. The molecule has 1 aromatic heterocycles. The summed E-state index contributed by atoms with van der Waals surface area (Å²) in [4.78, 5) is 11.8. The summed E-state index contributed by atoms with van der Waals surface area (Å²) in [7, 11) is 0. The molecule has 1 amide bonds. The first-order valence-corrected chi connectivity index (χ1v) is 7.99. The van der Waals surface area contributed by atoms with Crippen LogP contribution in [-0.2, 0) is 11.3 Å². The highest BCUT2D eigenvalue weighted by Crippen LogP contribution is 2.22. The van der Waals surface area contributed by atoms with Gasteiger partial charge in [-0.1, -0.05) is 47.6 Å². The summed E-state index contributed by atoms with van der Waals surface area (Å²) < 4.78 is 11.4. The second-order valence-electron chi connectivity index (χ2n) is 4.77. The summed E-state index contributed by atoms with van der Waals surface area (Å²) in [5.41, 5.74) is 2.49. The normalized spacial score (nSPS) is 10.3. The Balaban J connectivity index is 1.58. The van der Waals surface area contributed by atoms with Gasteiger partial charge in [0, 0.05) is 15.2 Å². The molecule has 0 radical (unpaired) electrons. The zero-order valence-corrected chi connectivity index (χ0v) is 14.2. The van der Waals surface area contributed by atoms with Crippen LogP contribution in [0.15, 0.2) is 65.2 Å². The molecule has 5 nitrogen and oxygen atoms in total. The molecule has 116 valence electrons. The fraction of sp³-hybridized carbons (Fsp3) is 0.0588. The van der Waals surface area contributed by atoms with Gasteiger partial charge in [-0.2, -0.15) is 0 Å². The number of nitrogens with zero attached hydrogens (tertiary/aromatic N) is 1. The Morgan fingerprint density at radius 3 is 2.61 bits per heavy atom. The second kappa shape index (κ2) is 7.28. The van der Waals surface area contributed by atoms with E-state index in [-0.39, 0.29) is 12.5 Å². The number of ether oxygens (including phenoxy) is 1. The Labute approximate surface area is 146 Å². The van der Waals surface area contributed by atoms with Crippen molar-refractivity contribution in [1.82, 2.24) is 5.16 Å². The van der Waals surface area contributed by atoms with Gasteiger partial charge in [-0.3, -0.25) is 5.32 Å². The number of nitrogens with one attached hydrogen (secondary N) is 1. The number of anilines is 1. The molecule has 6 heteroatoms. The first-order valence-electron chi connectivity index (χ1n) is 6.91. The quantitative estimate of drug-likeness (QED) is 0.622. The minimum absolute atomic E-state index is 0.199. The zero-order valence-electron chi connectivity index (χ0n) is 12.0. The van der Waals surface area contributed by atoms with E-state index in [2.05, 4.69) is 33.1 Å². The number of benzene rings is 2. The Bertz CT molecular complexity index is 785. The highest BCUT2D eigenvalue weighted by Gasteiger charge is 2.10. The second-order valence-corrected chi connectivity index (χ2v) is 6.02. The minimum atomic E-state index is -0.584. The average molecular weight is 420 g/mol. The number of halogens is 1. The smallest absolute Gasteiger partial charge is 0.414 e. The van der Waals surface area contributed by atoms with Crippen molar-refractivity contribution in [2.45, 2.75) is 6.61 Å². The van der Waals surface area contributed by atoms with Crippen LogP contribution in [0.2, 0.25) is 0 Å². The molecular formula is C17H13IN2O3. The molecule has 3 rings (SSSR count). The third kappa shape index (κ3) is 4.32. The Morgan fingerprint density at radius 2 is 1.87 bits per heavy atom. The van der Waals surface area contributed by atoms with Crippen LogP contribution in [0.1, 0.15) is 5.56 Å². The molecule has 0 bridgehead atoms. The van der Waals surface area contributed by atoms with Crippen LogP contribution in [0.4, 0.5) is 10.7 Å². The summed E-state index contributed by atoms with van der Waals surface area (Å²) in [6, 6.07) is 19.0. The van der Waals surface area contributed by atoms with Crippen LogP contribution in [0.5, 0.6) is 0 Å². The minimum Gasteiger partial charge on any atom is -0.444 e. The molecule has 0 saturated carbocycles. The number of rotatable bonds is 4. The van der Waals surface area contributed by atoms with Gasteiger partial charge in [-0.25, -0.2) is 4.79 Å². The lowest BCUT2D eigenvalue weighted by molar-refractivity contribution is 0.154. The fourth-order valence-corrected chi connectivity index (χ4v) is 2.31. The van der Waals surface area contributed by atoms with Gasteiger partial charge in [0.15, 0.2) is 0 Å². The van der Waals surface area contributed by atoms with Gasteiger partial charge in [0.1, 0.15) is 12.3 Å². The Kier molecular flexibility index (Phi) is 4.92. The molecule has 1 heterocycles. The summed E-state index contributed by atoms with van der Waals surface area (Å²) in [5.74, 6) is 0.247. The van der Waals surface area contributed by atoms with Gasteiger partial charge >= 0.3 is 6.09 Å². The van der Waals surface area contributed by atoms with Crippen molar-refractivity contribution in [2.24, 2.45) is 0 Å². The molecule has 3 aromatic rings. The van der Waals surface area contributed by atoms with Gasteiger partial charge in [0.05, 0.1) is 0 Å². The zero-order chi connectivity index (χ0) is 16.1. The Morgan fingerprint density at radius 1 is 1.13 bits per heavy atom. The maximum absolute atomic E-state index is 11.8. The van der Waals surface area contributed by atoms with Crippen molar-refractivity contribution in [3.05, 3.63) is 69.8 Å². The number of amides is 1. The molecular weight excluding hydrogens is 407 g/mol. The number of hydrogen-bond acceptors (Lipinski definition) is 4. The van der Waals surface area contributed by atoms with Gasteiger partial charge in [0.25, 0.3) is 0 Å². The lowest BCUT2D eigenvalue weighted by Gasteiger charge is -2.04. The Hall–Kier alpha value is -2.35. The van der Waals surface area contributed by atoms with Crippen molar-refractivity contribution in [2.75, 3.05) is 5.32 Å². The van der Waals surface area contributed by atoms with Crippen LogP contribution >= 0.6 is 22.6 Å². The van der Waals surface area contributed by atoms with Gasteiger partial charge in [-0.15, -0.1) is 0 Å². The van der Waals surface area contributed by atoms with Crippen molar-refractivity contribution in [3.8, 4) is 11.3 Å². The van der Waals surface area contributed by atoms with Crippen LogP contribution in [0, 0.1) is 3.57 Å². The van der Waals surface area contributed by atoms with E-state index in [1.165, 1.54) is 0 Å². The van der Waals surface area contributed by atoms with E-state index < -0.39 is 6.09 Å². The number of carbonyl (C=O) groups excluding carboxylic acids is 1. The molecule has 23 heavy (non-hydrogen) atoms. The summed E-state index contributed by atoms with van der Waals surface area (Å²) in [6.45, 7) is 0.199. The number of carbonyl (C=O) groups is 1.